The summed E-state index contributed by atoms with van der Waals surface area (Å²) >= 11 is 0. The van der Waals surface area contributed by atoms with Crippen LogP contribution in [0.2, 0.25) is 0 Å². The van der Waals surface area contributed by atoms with Gasteiger partial charge in [0.05, 0.1) is 18.8 Å². The Labute approximate surface area is 78.8 Å². The number of β-amino-alcohol motifs (C(OH)–C–C–N with tert-alkyl or cyclic N) is 1. The molecule has 1 fully saturated rings. The number of rotatable bonds is 2. The first-order valence-electron chi connectivity index (χ1n) is 4.79. The van der Waals surface area contributed by atoms with Gasteiger partial charge in [-0.25, -0.2) is 0 Å². The maximum Gasteiger partial charge on any atom is 0.0926 e. The molecule has 0 unspecified atom stereocenters. The summed E-state index contributed by atoms with van der Waals surface area (Å²) in [6.07, 6.45) is -0.909. The number of piperidine rings is 1. The van der Waals surface area contributed by atoms with E-state index in [1.165, 1.54) is 0 Å². The molecule has 0 radical (unpaired) electrons. The molecular formula is C9H19NO3. The van der Waals surface area contributed by atoms with Gasteiger partial charge in [0, 0.05) is 18.6 Å². The van der Waals surface area contributed by atoms with Gasteiger partial charge in [-0.2, -0.15) is 0 Å². The zero-order valence-electron chi connectivity index (χ0n) is 8.22. The van der Waals surface area contributed by atoms with Crippen LogP contribution < -0.4 is 0 Å². The van der Waals surface area contributed by atoms with Crippen LogP contribution in [0.3, 0.4) is 0 Å². The van der Waals surface area contributed by atoms with E-state index in [1.807, 2.05) is 18.7 Å². The number of likely N-dealkylation sites (tertiary alicyclic amines) is 1. The summed E-state index contributed by atoms with van der Waals surface area (Å²) in [5, 5.41) is 27.9. The smallest absolute Gasteiger partial charge is 0.0926 e. The molecule has 0 saturated carbocycles. The van der Waals surface area contributed by atoms with Crippen LogP contribution >= 0.6 is 0 Å². The predicted octanol–water partition coefficient (Wildman–Crippen LogP) is -0.817. The maximum atomic E-state index is 9.44. The minimum absolute atomic E-state index is 0.0154. The highest BCUT2D eigenvalue weighted by molar-refractivity contribution is 4.88. The first-order valence-corrected chi connectivity index (χ1v) is 4.79. The van der Waals surface area contributed by atoms with Crippen molar-refractivity contribution in [1.29, 1.82) is 0 Å². The number of hydrogen-bond acceptors (Lipinski definition) is 4. The molecule has 0 spiro atoms. The van der Waals surface area contributed by atoms with Gasteiger partial charge in [-0.15, -0.1) is 0 Å². The van der Waals surface area contributed by atoms with E-state index in [4.69, 9.17) is 5.11 Å². The lowest BCUT2D eigenvalue weighted by Gasteiger charge is -2.42. The molecule has 1 rings (SSSR count). The van der Waals surface area contributed by atoms with Gasteiger partial charge >= 0.3 is 0 Å². The lowest BCUT2D eigenvalue weighted by molar-refractivity contribution is -0.0799. The Morgan fingerprint density at radius 3 is 2.38 bits per heavy atom. The zero-order chi connectivity index (χ0) is 10.0. The van der Waals surface area contributed by atoms with Crippen molar-refractivity contribution in [1.82, 2.24) is 4.90 Å². The van der Waals surface area contributed by atoms with Crippen molar-refractivity contribution < 1.29 is 15.3 Å². The van der Waals surface area contributed by atoms with Crippen LogP contribution in [0.1, 0.15) is 20.3 Å². The van der Waals surface area contributed by atoms with Crippen molar-refractivity contribution in [2.45, 2.75) is 44.6 Å². The minimum atomic E-state index is -0.688. The third-order valence-corrected chi connectivity index (χ3v) is 2.70. The monoisotopic (exact) mass is 189 g/mol. The molecule has 1 heterocycles. The lowest BCUT2D eigenvalue weighted by atomic mass is 9.96. The number of aliphatic hydroxyl groups excluding tert-OH is 3. The topological polar surface area (TPSA) is 63.9 Å². The Hall–Kier alpha value is -0.160. The Balaban J connectivity index is 2.61. The van der Waals surface area contributed by atoms with Gasteiger partial charge in [-0.05, 0) is 20.3 Å². The zero-order valence-corrected chi connectivity index (χ0v) is 8.22. The van der Waals surface area contributed by atoms with Crippen LogP contribution in [0.25, 0.3) is 0 Å². The summed E-state index contributed by atoms with van der Waals surface area (Å²) in [6, 6.07) is 0.276. The van der Waals surface area contributed by atoms with Crippen LogP contribution in [0.5, 0.6) is 0 Å². The normalized spacial score (nSPS) is 36.9. The van der Waals surface area contributed by atoms with Crippen LogP contribution in [-0.2, 0) is 0 Å². The fraction of sp³-hybridized carbons (Fsp3) is 1.00. The van der Waals surface area contributed by atoms with Gasteiger partial charge in [-0.1, -0.05) is 0 Å². The molecule has 13 heavy (non-hydrogen) atoms. The molecule has 3 atom stereocenters. The fourth-order valence-corrected chi connectivity index (χ4v) is 1.87. The second-order valence-corrected chi connectivity index (χ2v) is 4.00. The largest absolute Gasteiger partial charge is 0.395 e. The molecule has 0 aromatic rings. The van der Waals surface area contributed by atoms with E-state index in [0.717, 1.165) is 0 Å². The second-order valence-electron chi connectivity index (χ2n) is 4.00. The molecule has 0 amide bonds. The first kappa shape index (κ1) is 10.9. The second kappa shape index (κ2) is 4.37. The van der Waals surface area contributed by atoms with Crippen molar-refractivity contribution >= 4 is 0 Å². The van der Waals surface area contributed by atoms with Crippen LogP contribution in [0.15, 0.2) is 0 Å². The van der Waals surface area contributed by atoms with Crippen LogP contribution in [0.4, 0.5) is 0 Å². The molecule has 78 valence electrons. The first-order chi connectivity index (χ1) is 6.06. The van der Waals surface area contributed by atoms with Crippen molar-refractivity contribution in [2.24, 2.45) is 0 Å². The Morgan fingerprint density at radius 2 is 1.92 bits per heavy atom. The fourth-order valence-electron chi connectivity index (χ4n) is 1.87. The molecule has 0 aliphatic carbocycles. The Bertz CT molecular complexity index is 163. The molecule has 0 bridgehead atoms. The summed E-state index contributed by atoms with van der Waals surface area (Å²) < 4.78 is 0. The van der Waals surface area contributed by atoms with E-state index >= 15 is 0 Å². The highest BCUT2D eigenvalue weighted by Crippen LogP contribution is 2.19. The third kappa shape index (κ3) is 2.40. The number of aliphatic hydroxyl groups is 3. The molecule has 3 N–H and O–H groups in total. The summed E-state index contributed by atoms with van der Waals surface area (Å²) in [7, 11) is 0. The van der Waals surface area contributed by atoms with Gasteiger partial charge in [0.25, 0.3) is 0 Å². The highest BCUT2D eigenvalue weighted by Gasteiger charge is 2.34. The summed E-state index contributed by atoms with van der Waals surface area (Å²) in [5.41, 5.74) is 0. The molecule has 4 nitrogen and oxygen atoms in total. The third-order valence-electron chi connectivity index (χ3n) is 2.70. The van der Waals surface area contributed by atoms with Gasteiger partial charge in [0.2, 0.25) is 0 Å². The summed E-state index contributed by atoms with van der Waals surface area (Å²) in [4.78, 5) is 2.03. The summed E-state index contributed by atoms with van der Waals surface area (Å²) in [5.74, 6) is 0. The van der Waals surface area contributed by atoms with Crippen molar-refractivity contribution in [2.75, 3.05) is 13.2 Å². The number of hydrogen-bond donors (Lipinski definition) is 3. The van der Waals surface area contributed by atoms with E-state index in [9.17, 15) is 10.2 Å². The lowest BCUT2D eigenvalue weighted by Crippen LogP contribution is -2.55. The van der Waals surface area contributed by atoms with Gasteiger partial charge in [-0.3, -0.25) is 4.90 Å². The quantitative estimate of drug-likeness (QED) is 0.531. The number of nitrogens with zero attached hydrogens (tertiary/aromatic N) is 1. The van der Waals surface area contributed by atoms with Crippen LogP contribution in [0, 0.1) is 0 Å². The highest BCUT2D eigenvalue weighted by atomic mass is 16.3. The standard InChI is InChI=1S/C9H19NO3/c1-6(2)10-4-9(13)8(12)3-7(10)5-11/h6-9,11-13H,3-5H2,1-2H3/t7-,8+,9+/m1/s1. The van der Waals surface area contributed by atoms with E-state index < -0.39 is 12.2 Å². The van der Waals surface area contributed by atoms with Crippen molar-refractivity contribution in [3.63, 3.8) is 0 Å². The molecule has 0 aromatic carbocycles. The predicted molar refractivity (Wildman–Crippen MR) is 49.3 cm³/mol. The molecule has 1 aliphatic heterocycles. The molecular weight excluding hydrogens is 170 g/mol. The van der Waals surface area contributed by atoms with Crippen LogP contribution in [-0.4, -0.2) is 57.7 Å². The van der Waals surface area contributed by atoms with Gasteiger partial charge < -0.3 is 15.3 Å². The molecule has 0 aromatic heterocycles. The Morgan fingerprint density at radius 1 is 1.31 bits per heavy atom. The van der Waals surface area contributed by atoms with Gasteiger partial charge in [0.1, 0.15) is 0 Å². The van der Waals surface area contributed by atoms with E-state index in [1.54, 1.807) is 0 Å². The molecule has 1 aliphatic rings. The molecule has 4 heteroatoms. The van der Waals surface area contributed by atoms with E-state index in [2.05, 4.69) is 0 Å². The van der Waals surface area contributed by atoms with E-state index in [0.29, 0.717) is 19.0 Å². The van der Waals surface area contributed by atoms with E-state index in [-0.39, 0.29) is 12.6 Å². The average molecular weight is 189 g/mol. The van der Waals surface area contributed by atoms with Crippen molar-refractivity contribution in [3.05, 3.63) is 0 Å². The SMILES string of the molecule is CC(C)N1C[C@H](O)[C@@H](O)C[C@@H]1CO. The minimum Gasteiger partial charge on any atom is -0.395 e. The van der Waals surface area contributed by atoms with Crippen molar-refractivity contribution in [3.8, 4) is 0 Å². The summed E-state index contributed by atoms with van der Waals surface area (Å²) in [6.45, 7) is 4.53. The molecule has 1 saturated heterocycles. The Kier molecular flexibility index (Phi) is 3.67. The average Bonchev–Trinajstić information content (AvgIpc) is 2.08. The maximum absolute atomic E-state index is 9.44. The van der Waals surface area contributed by atoms with Gasteiger partial charge in [0.15, 0.2) is 0 Å².